The molecule has 0 saturated carbocycles. The summed E-state index contributed by atoms with van der Waals surface area (Å²) >= 11 is 1.34. The van der Waals surface area contributed by atoms with Gasteiger partial charge in [0.25, 0.3) is 15.9 Å². The Kier molecular flexibility index (Phi) is 6.95. The number of benzene rings is 3. The Hall–Kier alpha value is -3.63. The van der Waals surface area contributed by atoms with Crippen LogP contribution in [0, 0.1) is 6.92 Å². The number of ether oxygens (including phenoxy) is 2. The fourth-order valence-electron chi connectivity index (χ4n) is 3.60. The maximum atomic E-state index is 12.9. The number of thiazole rings is 1. The number of aryl methyl sites for hydroxylation is 2. The molecule has 1 N–H and O–H groups in total. The number of methoxy groups -OCH3 is 2. The summed E-state index contributed by atoms with van der Waals surface area (Å²) in [5, 5.41) is 0. The number of amides is 1. The first kappa shape index (κ1) is 24.5. The lowest BCUT2D eigenvalue weighted by Gasteiger charge is -2.09. The van der Waals surface area contributed by atoms with Gasteiger partial charge in [0.2, 0.25) is 0 Å². The number of sulfonamides is 1. The maximum Gasteiger partial charge on any atom is 0.279 e. The third kappa shape index (κ3) is 4.94. The van der Waals surface area contributed by atoms with E-state index in [1.165, 1.54) is 11.3 Å². The van der Waals surface area contributed by atoms with Gasteiger partial charge >= 0.3 is 0 Å². The summed E-state index contributed by atoms with van der Waals surface area (Å²) in [6.45, 7) is 4.43. The van der Waals surface area contributed by atoms with Crippen LogP contribution >= 0.6 is 11.3 Å². The molecule has 4 aromatic rings. The summed E-state index contributed by atoms with van der Waals surface area (Å²) in [5.74, 6) is 0.898. The average Bonchev–Trinajstić information content (AvgIpc) is 3.22. The Bertz CT molecular complexity index is 1550. The second-order valence-electron chi connectivity index (χ2n) is 7.69. The number of carbonyl (C=O) groups excluding carboxylic acids is 1. The van der Waals surface area contributed by atoms with Gasteiger partial charge in [-0.2, -0.15) is 4.99 Å². The van der Waals surface area contributed by atoms with Gasteiger partial charge in [-0.05, 0) is 62.4 Å². The van der Waals surface area contributed by atoms with Gasteiger partial charge in [0.1, 0.15) is 21.7 Å². The van der Waals surface area contributed by atoms with Gasteiger partial charge in [0.15, 0.2) is 4.80 Å². The number of anilines is 1. The molecule has 10 heteroatoms. The van der Waals surface area contributed by atoms with Gasteiger partial charge < -0.3 is 14.0 Å². The van der Waals surface area contributed by atoms with Crippen LogP contribution in [0.3, 0.4) is 0 Å². The topological polar surface area (TPSA) is 99.0 Å². The largest absolute Gasteiger partial charge is 0.495 e. The molecule has 1 aromatic heterocycles. The van der Waals surface area contributed by atoms with E-state index in [4.69, 9.17) is 9.47 Å². The lowest BCUT2D eigenvalue weighted by Crippen LogP contribution is -2.16. The predicted octanol–water partition coefficient (Wildman–Crippen LogP) is 4.59. The molecule has 4 rings (SSSR count). The van der Waals surface area contributed by atoms with Gasteiger partial charge in [-0.3, -0.25) is 9.52 Å². The maximum absolute atomic E-state index is 12.9. The minimum atomic E-state index is -3.73. The molecule has 0 aliphatic carbocycles. The van der Waals surface area contributed by atoms with Crippen molar-refractivity contribution in [1.82, 2.24) is 4.57 Å². The number of fused-ring (bicyclic) bond motifs is 1. The molecule has 0 bridgehead atoms. The highest BCUT2D eigenvalue weighted by molar-refractivity contribution is 7.92. The number of aromatic nitrogens is 1. The quantitative estimate of drug-likeness (QED) is 0.391. The van der Waals surface area contributed by atoms with Crippen LogP contribution in [0.1, 0.15) is 22.8 Å². The molecule has 8 nitrogen and oxygen atoms in total. The normalized spacial score (nSPS) is 12.1. The van der Waals surface area contributed by atoms with E-state index in [1.807, 2.05) is 30.5 Å². The zero-order valence-corrected chi connectivity index (χ0v) is 21.4. The SMILES string of the molecule is CCn1c(=NC(=O)c2ccc(NS(=O)(=O)c3ccc(C)cc3)cc2)sc2c(OC)ccc(OC)c21. The molecule has 0 aliphatic heterocycles. The monoisotopic (exact) mass is 511 g/mol. The average molecular weight is 512 g/mol. The van der Waals surface area contributed by atoms with Crippen LogP contribution in [0.15, 0.2) is 70.6 Å². The van der Waals surface area contributed by atoms with Crippen LogP contribution in [0.4, 0.5) is 5.69 Å². The Morgan fingerprint density at radius 2 is 1.60 bits per heavy atom. The van der Waals surface area contributed by atoms with E-state index in [2.05, 4.69) is 9.71 Å². The summed E-state index contributed by atoms with van der Waals surface area (Å²) in [5.41, 5.74) is 2.46. The van der Waals surface area contributed by atoms with Crippen molar-refractivity contribution in [3.63, 3.8) is 0 Å². The summed E-state index contributed by atoms with van der Waals surface area (Å²) in [4.78, 5) is 18.0. The molecule has 35 heavy (non-hydrogen) atoms. The van der Waals surface area contributed by atoms with Gasteiger partial charge in [0.05, 0.1) is 19.1 Å². The van der Waals surface area contributed by atoms with E-state index in [9.17, 15) is 13.2 Å². The molecule has 0 fully saturated rings. The fourth-order valence-corrected chi connectivity index (χ4v) is 5.86. The number of hydrogen-bond donors (Lipinski definition) is 1. The van der Waals surface area contributed by atoms with E-state index in [-0.39, 0.29) is 4.90 Å². The molecular weight excluding hydrogens is 486 g/mol. The van der Waals surface area contributed by atoms with Crippen LogP contribution in [-0.2, 0) is 16.6 Å². The van der Waals surface area contributed by atoms with Crippen molar-refractivity contribution in [1.29, 1.82) is 0 Å². The lowest BCUT2D eigenvalue weighted by molar-refractivity contribution is 0.0998. The first-order chi connectivity index (χ1) is 16.8. The molecule has 0 spiro atoms. The van der Waals surface area contributed by atoms with E-state index < -0.39 is 15.9 Å². The van der Waals surface area contributed by atoms with Crippen LogP contribution in [-0.4, -0.2) is 33.1 Å². The van der Waals surface area contributed by atoms with Crippen LogP contribution < -0.4 is 19.0 Å². The Morgan fingerprint density at radius 1 is 0.971 bits per heavy atom. The van der Waals surface area contributed by atoms with Crippen LogP contribution in [0.5, 0.6) is 11.5 Å². The third-order valence-corrected chi connectivity index (χ3v) is 7.91. The van der Waals surface area contributed by atoms with Crippen molar-refractivity contribution in [3.05, 3.63) is 76.6 Å². The molecule has 0 unspecified atom stereocenters. The smallest absolute Gasteiger partial charge is 0.279 e. The highest BCUT2D eigenvalue weighted by Crippen LogP contribution is 2.35. The van der Waals surface area contributed by atoms with Gasteiger partial charge in [-0.1, -0.05) is 29.0 Å². The summed E-state index contributed by atoms with van der Waals surface area (Å²) in [7, 11) is -0.549. The van der Waals surface area contributed by atoms with Gasteiger partial charge in [-0.25, -0.2) is 8.42 Å². The van der Waals surface area contributed by atoms with E-state index in [1.54, 1.807) is 62.8 Å². The fraction of sp³-hybridized carbons (Fsp3) is 0.200. The lowest BCUT2D eigenvalue weighted by atomic mass is 10.2. The van der Waals surface area contributed by atoms with Crippen molar-refractivity contribution in [2.75, 3.05) is 18.9 Å². The Labute approximate surface area is 207 Å². The molecule has 1 heterocycles. The molecular formula is C25H25N3O5S2. The molecule has 182 valence electrons. The molecule has 0 saturated heterocycles. The molecule has 3 aromatic carbocycles. The number of nitrogens with one attached hydrogen (secondary N) is 1. The number of carbonyl (C=O) groups is 1. The second-order valence-corrected chi connectivity index (χ2v) is 10.3. The van der Waals surface area contributed by atoms with E-state index in [0.29, 0.717) is 34.1 Å². The standard InChI is InChI=1S/C25H25N3O5S2/c1-5-28-22-20(32-3)14-15-21(33-4)23(22)34-25(28)26-24(29)17-8-10-18(11-9-17)27-35(30,31)19-12-6-16(2)7-13-19/h6-15,27H,5H2,1-4H3. The van der Waals surface area contributed by atoms with E-state index >= 15 is 0 Å². The first-order valence-corrected chi connectivity index (χ1v) is 13.1. The van der Waals surface area contributed by atoms with Gasteiger partial charge in [-0.15, -0.1) is 0 Å². The minimum Gasteiger partial charge on any atom is -0.495 e. The minimum absolute atomic E-state index is 0.165. The number of nitrogens with zero attached hydrogens (tertiary/aromatic N) is 2. The summed E-state index contributed by atoms with van der Waals surface area (Å²) in [6.07, 6.45) is 0. The summed E-state index contributed by atoms with van der Waals surface area (Å²) < 4.78 is 41.5. The second kappa shape index (κ2) is 9.93. The van der Waals surface area contributed by atoms with Crippen LogP contribution in [0.25, 0.3) is 10.2 Å². The molecule has 0 radical (unpaired) electrons. The van der Waals surface area contributed by atoms with E-state index in [0.717, 1.165) is 15.8 Å². The van der Waals surface area contributed by atoms with Crippen molar-refractivity contribution >= 4 is 43.2 Å². The predicted molar refractivity (Wildman–Crippen MR) is 137 cm³/mol. The molecule has 1 amide bonds. The third-order valence-electron chi connectivity index (χ3n) is 5.42. The zero-order chi connectivity index (χ0) is 25.2. The molecule has 0 aliphatic rings. The molecule has 0 atom stereocenters. The van der Waals surface area contributed by atoms with Crippen molar-refractivity contribution in [2.24, 2.45) is 4.99 Å². The van der Waals surface area contributed by atoms with Crippen LogP contribution in [0.2, 0.25) is 0 Å². The number of rotatable bonds is 7. The van der Waals surface area contributed by atoms with Crippen molar-refractivity contribution in [3.8, 4) is 11.5 Å². The van der Waals surface area contributed by atoms with Crippen molar-refractivity contribution < 1.29 is 22.7 Å². The highest BCUT2D eigenvalue weighted by atomic mass is 32.2. The summed E-state index contributed by atoms with van der Waals surface area (Å²) in [6, 6.07) is 16.4. The number of hydrogen-bond acceptors (Lipinski definition) is 6. The highest BCUT2D eigenvalue weighted by Gasteiger charge is 2.17. The van der Waals surface area contributed by atoms with Crippen molar-refractivity contribution in [2.45, 2.75) is 25.3 Å². The zero-order valence-electron chi connectivity index (χ0n) is 19.7. The first-order valence-electron chi connectivity index (χ1n) is 10.8. The van der Waals surface area contributed by atoms with Gasteiger partial charge in [0, 0.05) is 17.8 Å². The Morgan fingerprint density at radius 3 is 2.20 bits per heavy atom. The Balaban J connectivity index is 1.64.